The van der Waals surface area contributed by atoms with E-state index in [1.54, 1.807) is 11.1 Å². The molecule has 2 aromatic carbocycles. The number of hydrogen-bond acceptors (Lipinski definition) is 7. The SMILES string of the molecule is N#Cc1cc(-c2ccnc(Cc3ccc(NC(=O)N4CCOCC4)cc3)n2)ccc1OC1CCOCC1. The van der Waals surface area contributed by atoms with Crippen LogP contribution < -0.4 is 10.1 Å². The van der Waals surface area contributed by atoms with Gasteiger partial charge in [-0.15, -0.1) is 0 Å². The minimum Gasteiger partial charge on any atom is -0.489 e. The van der Waals surface area contributed by atoms with Crippen LogP contribution in [-0.2, 0) is 15.9 Å². The monoisotopic (exact) mass is 499 g/mol. The van der Waals surface area contributed by atoms with Gasteiger partial charge in [-0.3, -0.25) is 0 Å². The molecule has 37 heavy (non-hydrogen) atoms. The lowest BCUT2D eigenvalue weighted by atomic mass is 10.1. The number of nitrogens with zero attached hydrogens (tertiary/aromatic N) is 4. The molecule has 0 radical (unpaired) electrons. The number of nitrogens with one attached hydrogen (secondary N) is 1. The highest BCUT2D eigenvalue weighted by atomic mass is 16.5. The van der Waals surface area contributed by atoms with Crippen LogP contribution >= 0.6 is 0 Å². The van der Waals surface area contributed by atoms with Crippen molar-refractivity contribution in [1.29, 1.82) is 5.26 Å². The third-order valence-corrected chi connectivity index (χ3v) is 6.43. The van der Waals surface area contributed by atoms with Crippen LogP contribution in [0.2, 0.25) is 0 Å². The highest BCUT2D eigenvalue weighted by Gasteiger charge is 2.18. The first-order chi connectivity index (χ1) is 18.2. The van der Waals surface area contributed by atoms with E-state index in [9.17, 15) is 10.1 Å². The van der Waals surface area contributed by atoms with Crippen LogP contribution in [-0.4, -0.2) is 66.5 Å². The summed E-state index contributed by atoms with van der Waals surface area (Å²) in [6.45, 7) is 3.69. The van der Waals surface area contributed by atoms with E-state index in [1.807, 2.05) is 48.5 Å². The Hall–Kier alpha value is -4.00. The summed E-state index contributed by atoms with van der Waals surface area (Å²) in [5.74, 6) is 1.26. The number of amides is 2. The predicted octanol–water partition coefficient (Wildman–Crippen LogP) is 4.03. The summed E-state index contributed by atoms with van der Waals surface area (Å²) in [6.07, 6.45) is 3.98. The molecule has 1 aromatic heterocycles. The zero-order valence-corrected chi connectivity index (χ0v) is 20.6. The fourth-order valence-electron chi connectivity index (χ4n) is 4.36. The Balaban J connectivity index is 1.24. The molecular weight excluding hydrogens is 470 g/mol. The van der Waals surface area contributed by atoms with E-state index < -0.39 is 0 Å². The molecule has 2 aliphatic heterocycles. The van der Waals surface area contributed by atoms with Gasteiger partial charge in [-0.1, -0.05) is 12.1 Å². The zero-order valence-electron chi connectivity index (χ0n) is 20.6. The standard InChI is InChI=1S/C28H29N5O4/c29-19-22-18-21(3-6-26(22)37-24-8-13-35-14-9-24)25-7-10-30-27(32-25)17-20-1-4-23(5-2-20)31-28(34)33-11-15-36-16-12-33/h1-7,10,18,24H,8-9,11-17H2,(H,31,34). The van der Waals surface area contributed by atoms with Gasteiger partial charge in [-0.25, -0.2) is 14.8 Å². The minimum atomic E-state index is -0.118. The summed E-state index contributed by atoms with van der Waals surface area (Å²) < 4.78 is 16.8. The van der Waals surface area contributed by atoms with Gasteiger partial charge < -0.3 is 24.4 Å². The van der Waals surface area contributed by atoms with Gasteiger partial charge in [0.05, 0.1) is 37.7 Å². The van der Waals surface area contributed by atoms with Crippen LogP contribution in [0.3, 0.4) is 0 Å². The Bertz CT molecular complexity index is 1260. The number of nitriles is 1. The molecule has 0 saturated carbocycles. The van der Waals surface area contributed by atoms with Crippen molar-refractivity contribution in [2.75, 3.05) is 44.8 Å². The topological polar surface area (TPSA) is 110 Å². The Morgan fingerprint density at radius 3 is 2.57 bits per heavy atom. The molecule has 2 amide bonds. The molecule has 1 N–H and O–H groups in total. The minimum absolute atomic E-state index is 0.0661. The molecule has 0 spiro atoms. The maximum atomic E-state index is 12.4. The highest BCUT2D eigenvalue weighted by Crippen LogP contribution is 2.27. The summed E-state index contributed by atoms with van der Waals surface area (Å²) in [4.78, 5) is 23.3. The molecule has 9 nitrogen and oxygen atoms in total. The molecule has 5 rings (SSSR count). The second-order valence-corrected chi connectivity index (χ2v) is 9.01. The molecule has 2 fully saturated rings. The first-order valence-electron chi connectivity index (χ1n) is 12.5. The Labute approximate surface area is 216 Å². The maximum Gasteiger partial charge on any atom is 0.321 e. The number of urea groups is 1. The van der Waals surface area contributed by atoms with Crippen LogP contribution in [0.5, 0.6) is 5.75 Å². The van der Waals surface area contributed by atoms with Crippen molar-refractivity contribution in [3.05, 3.63) is 71.7 Å². The van der Waals surface area contributed by atoms with Crippen LogP contribution in [0.15, 0.2) is 54.7 Å². The number of hydrogen-bond donors (Lipinski definition) is 1. The van der Waals surface area contributed by atoms with E-state index in [2.05, 4.69) is 16.4 Å². The van der Waals surface area contributed by atoms with Crippen molar-refractivity contribution in [1.82, 2.24) is 14.9 Å². The molecule has 3 aromatic rings. The fraction of sp³-hybridized carbons (Fsp3) is 0.357. The van der Waals surface area contributed by atoms with Crippen molar-refractivity contribution >= 4 is 11.7 Å². The molecule has 9 heteroatoms. The molecule has 0 unspecified atom stereocenters. The maximum absolute atomic E-state index is 12.4. The Morgan fingerprint density at radius 2 is 1.81 bits per heavy atom. The molecule has 2 aliphatic rings. The summed E-state index contributed by atoms with van der Waals surface area (Å²) in [6, 6.07) is 17.2. The molecule has 0 aliphatic carbocycles. The lowest BCUT2D eigenvalue weighted by Crippen LogP contribution is -2.43. The molecular formula is C28H29N5O4. The van der Waals surface area contributed by atoms with E-state index in [0.29, 0.717) is 63.1 Å². The first kappa shape index (κ1) is 24.7. The van der Waals surface area contributed by atoms with Crippen LogP contribution in [0.4, 0.5) is 10.5 Å². The quantitative estimate of drug-likeness (QED) is 0.545. The van der Waals surface area contributed by atoms with Gasteiger partial charge in [-0.2, -0.15) is 5.26 Å². The lowest BCUT2D eigenvalue weighted by Gasteiger charge is -2.26. The smallest absolute Gasteiger partial charge is 0.321 e. The summed E-state index contributed by atoms with van der Waals surface area (Å²) in [7, 11) is 0. The van der Waals surface area contributed by atoms with Crippen LogP contribution in [0.1, 0.15) is 29.8 Å². The second-order valence-electron chi connectivity index (χ2n) is 9.01. The molecule has 3 heterocycles. The number of aromatic nitrogens is 2. The Morgan fingerprint density at radius 1 is 1.05 bits per heavy atom. The van der Waals surface area contributed by atoms with E-state index in [4.69, 9.17) is 19.2 Å². The van der Waals surface area contributed by atoms with Crippen LogP contribution in [0.25, 0.3) is 11.3 Å². The number of ether oxygens (including phenoxy) is 3. The van der Waals surface area contributed by atoms with Gasteiger partial charge in [0, 0.05) is 49.8 Å². The number of benzene rings is 2. The van der Waals surface area contributed by atoms with Gasteiger partial charge in [0.15, 0.2) is 0 Å². The molecule has 0 atom stereocenters. The predicted molar refractivity (Wildman–Crippen MR) is 137 cm³/mol. The average molecular weight is 500 g/mol. The van der Waals surface area contributed by atoms with Crippen molar-refractivity contribution in [2.45, 2.75) is 25.4 Å². The number of carbonyl (C=O) groups excluding carboxylic acids is 1. The fourth-order valence-corrected chi connectivity index (χ4v) is 4.36. The Kier molecular flexibility index (Phi) is 7.89. The summed E-state index contributed by atoms with van der Waals surface area (Å²) in [5, 5.41) is 12.6. The number of morpholine rings is 1. The summed E-state index contributed by atoms with van der Waals surface area (Å²) >= 11 is 0. The van der Waals surface area contributed by atoms with Crippen LogP contribution in [0, 0.1) is 11.3 Å². The second kappa shape index (κ2) is 11.8. The largest absolute Gasteiger partial charge is 0.489 e. The normalized spacial score (nSPS) is 16.1. The zero-order chi connectivity index (χ0) is 25.5. The van der Waals surface area contributed by atoms with Crippen molar-refractivity contribution in [3.63, 3.8) is 0 Å². The number of rotatable bonds is 6. The third-order valence-electron chi connectivity index (χ3n) is 6.43. The van der Waals surface area contributed by atoms with Gasteiger partial charge in [0.25, 0.3) is 0 Å². The van der Waals surface area contributed by atoms with E-state index in [0.717, 1.165) is 35.3 Å². The molecule has 0 bridgehead atoms. The van der Waals surface area contributed by atoms with Gasteiger partial charge >= 0.3 is 6.03 Å². The number of carbonyl (C=O) groups is 1. The van der Waals surface area contributed by atoms with E-state index >= 15 is 0 Å². The average Bonchev–Trinajstić information content (AvgIpc) is 2.95. The third kappa shape index (κ3) is 6.42. The van der Waals surface area contributed by atoms with E-state index in [1.165, 1.54) is 0 Å². The summed E-state index contributed by atoms with van der Waals surface area (Å²) in [5.41, 5.74) is 3.83. The van der Waals surface area contributed by atoms with Gasteiger partial charge in [0.2, 0.25) is 0 Å². The van der Waals surface area contributed by atoms with E-state index in [-0.39, 0.29) is 12.1 Å². The van der Waals surface area contributed by atoms with Crippen molar-refractivity contribution in [2.24, 2.45) is 0 Å². The van der Waals surface area contributed by atoms with Crippen molar-refractivity contribution < 1.29 is 19.0 Å². The highest BCUT2D eigenvalue weighted by molar-refractivity contribution is 5.89. The van der Waals surface area contributed by atoms with Gasteiger partial charge in [-0.05, 0) is 42.0 Å². The lowest BCUT2D eigenvalue weighted by molar-refractivity contribution is 0.0254. The molecule has 190 valence electrons. The van der Waals surface area contributed by atoms with Gasteiger partial charge in [0.1, 0.15) is 23.7 Å². The first-order valence-corrected chi connectivity index (χ1v) is 12.5. The van der Waals surface area contributed by atoms with Crippen molar-refractivity contribution in [3.8, 4) is 23.1 Å². The molecule has 2 saturated heterocycles. The number of anilines is 1.